The lowest BCUT2D eigenvalue weighted by Gasteiger charge is -2.31. The number of quaternary nitrogens is 1. The van der Waals surface area contributed by atoms with E-state index in [1.807, 2.05) is 90.1 Å². The molecule has 0 heterocycles. The molecule has 0 fully saturated rings. The van der Waals surface area contributed by atoms with E-state index in [0.717, 1.165) is 36.2 Å². The number of rotatable bonds is 12. The highest BCUT2D eigenvalue weighted by atomic mass is 16.5. The van der Waals surface area contributed by atoms with Gasteiger partial charge in [0, 0.05) is 16.8 Å². The first-order chi connectivity index (χ1) is 17.2. The van der Waals surface area contributed by atoms with E-state index in [-0.39, 0.29) is 11.5 Å². The minimum absolute atomic E-state index is 0.0258. The molecule has 0 saturated carbocycles. The third kappa shape index (κ3) is 11.4. The highest BCUT2D eigenvalue weighted by molar-refractivity contribution is 5.94. The number of nitrogens with one attached hydrogen (secondary N) is 2. The first-order valence-electron chi connectivity index (χ1n) is 13.1. The van der Waals surface area contributed by atoms with Crippen molar-refractivity contribution in [3.8, 4) is 0 Å². The maximum absolute atomic E-state index is 12.4. The summed E-state index contributed by atoms with van der Waals surface area (Å²) < 4.78 is 11.9. The molecule has 0 aliphatic heterocycles. The Balaban J connectivity index is 1.77. The van der Waals surface area contributed by atoms with Crippen LogP contribution in [-0.2, 0) is 20.7 Å². The largest absolute Gasteiger partial charge is 0.443 e. The summed E-state index contributed by atoms with van der Waals surface area (Å²) in [5, 5.41) is 5.78. The Morgan fingerprint density at radius 3 is 1.76 bits per heavy atom. The van der Waals surface area contributed by atoms with E-state index in [2.05, 4.69) is 24.7 Å². The van der Waals surface area contributed by atoms with Crippen molar-refractivity contribution in [3.05, 3.63) is 59.7 Å². The summed E-state index contributed by atoms with van der Waals surface area (Å²) in [5.74, 6) is 0.0258. The zero-order valence-corrected chi connectivity index (χ0v) is 23.9. The van der Waals surface area contributed by atoms with Gasteiger partial charge in [-0.15, -0.1) is 0 Å². The van der Waals surface area contributed by atoms with Gasteiger partial charge in [-0.3, -0.25) is 10.1 Å². The zero-order chi connectivity index (χ0) is 27.7. The van der Waals surface area contributed by atoms with Crippen LogP contribution in [0.3, 0.4) is 0 Å². The quantitative estimate of drug-likeness (QED) is 0.337. The van der Waals surface area contributed by atoms with Crippen molar-refractivity contribution in [3.63, 3.8) is 0 Å². The van der Waals surface area contributed by atoms with Crippen LogP contribution in [-0.4, -0.2) is 62.5 Å². The number of carbonyl (C=O) groups is 2. The second kappa shape index (κ2) is 13.1. The Kier molecular flexibility index (Phi) is 10.7. The van der Waals surface area contributed by atoms with Crippen molar-refractivity contribution < 1.29 is 23.5 Å². The van der Waals surface area contributed by atoms with Crippen molar-refractivity contribution in [2.24, 2.45) is 5.41 Å². The number of likely N-dealkylation sites (N-methyl/N-ethyl adjacent to an activating group) is 1. The summed E-state index contributed by atoms with van der Waals surface area (Å²) in [4.78, 5) is 24.6. The Labute approximate surface area is 223 Å². The van der Waals surface area contributed by atoms with Gasteiger partial charge in [0.05, 0.1) is 26.3 Å². The predicted molar refractivity (Wildman–Crippen MR) is 151 cm³/mol. The van der Waals surface area contributed by atoms with Crippen molar-refractivity contribution in [2.75, 3.05) is 51.0 Å². The predicted octanol–water partition coefficient (Wildman–Crippen LogP) is 6.09. The lowest BCUT2D eigenvalue weighted by molar-refractivity contribution is -0.891. The molecule has 0 unspecified atom stereocenters. The van der Waals surface area contributed by atoms with Gasteiger partial charge in [-0.25, -0.2) is 4.79 Å². The van der Waals surface area contributed by atoms with E-state index in [0.29, 0.717) is 29.9 Å². The van der Waals surface area contributed by atoms with E-state index < -0.39 is 11.5 Å². The van der Waals surface area contributed by atoms with Gasteiger partial charge >= 0.3 is 6.09 Å². The number of hydrogen-bond acceptors (Lipinski definition) is 4. The fourth-order valence-corrected chi connectivity index (χ4v) is 3.36. The van der Waals surface area contributed by atoms with Crippen LogP contribution < -0.4 is 10.6 Å². The summed E-state index contributed by atoms with van der Waals surface area (Å²) in [6.45, 7) is 14.6. The number of anilines is 2. The molecule has 0 bridgehead atoms. The van der Waals surface area contributed by atoms with E-state index in [9.17, 15) is 9.59 Å². The summed E-state index contributed by atoms with van der Waals surface area (Å²) in [5.41, 5.74) is 3.21. The number of benzene rings is 2. The number of hydrogen-bond donors (Lipinski definition) is 2. The van der Waals surface area contributed by atoms with Crippen LogP contribution >= 0.6 is 0 Å². The molecule has 0 radical (unpaired) electrons. The molecule has 2 N–H and O–H groups in total. The number of carbonyl (C=O) groups excluding carboxylic acids is 2. The fourth-order valence-electron chi connectivity index (χ4n) is 3.36. The van der Waals surface area contributed by atoms with E-state index in [4.69, 9.17) is 9.47 Å². The normalized spacial score (nSPS) is 12.2. The summed E-state index contributed by atoms with van der Waals surface area (Å²) >= 11 is 0. The second-order valence-corrected chi connectivity index (χ2v) is 11.9. The number of nitrogens with zero attached hydrogens (tertiary/aromatic N) is 1. The van der Waals surface area contributed by atoms with Gasteiger partial charge < -0.3 is 19.3 Å². The number of amides is 2. The van der Waals surface area contributed by atoms with Crippen LogP contribution in [0.4, 0.5) is 16.2 Å². The fraction of sp³-hybridized carbons (Fsp3) is 0.533. The average Bonchev–Trinajstić information content (AvgIpc) is 2.80. The molecule has 0 spiro atoms. The maximum atomic E-state index is 12.4. The van der Waals surface area contributed by atoms with Crippen molar-refractivity contribution in [2.45, 2.75) is 60.0 Å². The Morgan fingerprint density at radius 2 is 1.27 bits per heavy atom. The summed E-state index contributed by atoms with van der Waals surface area (Å²) in [6.07, 6.45) is 1.08. The van der Waals surface area contributed by atoms with Gasteiger partial charge in [0.25, 0.3) is 0 Å². The van der Waals surface area contributed by atoms with Crippen molar-refractivity contribution in [1.82, 2.24) is 0 Å². The van der Waals surface area contributed by atoms with Crippen LogP contribution in [0.2, 0.25) is 0 Å². The van der Waals surface area contributed by atoms with E-state index in [1.165, 1.54) is 0 Å². The SMILES string of the molecule is CCC(C)(C)C(=O)Nc1ccc(Cc2ccc(NC(=O)OCC[N+](C)(C)CCOC(C)(C)C)cc2)cc1. The molecule has 2 aromatic carbocycles. The third-order valence-electron chi connectivity index (χ3n) is 6.48. The van der Waals surface area contributed by atoms with Crippen LogP contribution in [0, 0.1) is 5.41 Å². The van der Waals surface area contributed by atoms with Gasteiger partial charge in [-0.2, -0.15) is 0 Å². The lowest BCUT2D eigenvalue weighted by atomic mass is 9.89. The highest BCUT2D eigenvalue weighted by Gasteiger charge is 2.25. The van der Waals surface area contributed by atoms with Crippen LogP contribution in [0.25, 0.3) is 0 Å². The van der Waals surface area contributed by atoms with Crippen molar-refractivity contribution in [1.29, 1.82) is 0 Å². The van der Waals surface area contributed by atoms with Crippen LogP contribution in [0.5, 0.6) is 0 Å². The molecule has 2 amide bonds. The topological polar surface area (TPSA) is 76.7 Å². The molecule has 7 heteroatoms. The summed E-state index contributed by atoms with van der Waals surface area (Å²) in [7, 11) is 4.20. The molecule has 0 aliphatic carbocycles. The molecule has 0 saturated heterocycles. The first-order valence-corrected chi connectivity index (χ1v) is 13.1. The molecule has 37 heavy (non-hydrogen) atoms. The van der Waals surface area contributed by atoms with Gasteiger partial charge in [0.1, 0.15) is 19.7 Å². The van der Waals surface area contributed by atoms with Crippen molar-refractivity contribution >= 4 is 23.4 Å². The maximum Gasteiger partial charge on any atom is 0.411 e. The molecule has 0 aromatic heterocycles. The number of ether oxygens (including phenoxy) is 2. The van der Waals surface area contributed by atoms with Gasteiger partial charge in [0.2, 0.25) is 5.91 Å². The van der Waals surface area contributed by atoms with Gasteiger partial charge in [0.15, 0.2) is 0 Å². The minimum atomic E-state index is -0.456. The molecular formula is C30H46N3O4+. The zero-order valence-electron chi connectivity index (χ0n) is 23.9. The summed E-state index contributed by atoms with van der Waals surface area (Å²) in [6, 6.07) is 15.6. The molecule has 0 atom stereocenters. The van der Waals surface area contributed by atoms with Gasteiger partial charge in [-0.1, -0.05) is 45.0 Å². The molecule has 2 aromatic rings. The molecule has 204 valence electrons. The standard InChI is InChI=1S/C30H45N3O4/c1-9-30(5,6)27(34)31-25-14-10-23(11-15-25)22-24-12-16-26(17-13-24)32-28(35)36-20-18-33(7,8)19-21-37-29(2,3)4/h10-17H,9,18-22H2,1-8H3,(H-,31,32,34,35)/p+1. The Bertz CT molecular complexity index is 1010. The van der Waals surface area contributed by atoms with E-state index in [1.54, 1.807) is 0 Å². The lowest BCUT2D eigenvalue weighted by Crippen LogP contribution is -2.45. The average molecular weight is 513 g/mol. The van der Waals surface area contributed by atoms with Crippen LogP contribution in [0.1, 0.15) is 59.1 Å². The van der Waals surface area contributed by atoms with Crippen LogP contribution in [0.15, 0.2) is 48.5 Å². The molecule has 0 aliphatic rings. The van der Waals surface area contributed by atoms with E-state index >= 15 is 0 Å². The highest BCUT2D eigenvalue weighted by Crippen LogP contribution is 2.23. The monoisotopic (exact) mass is 512 g/mol. The second-order valence-electron chi connectivity index (χ2n) is 11.9. The minimum Gasteiger partial charge on any atom is -0.443 e. The Morgan fingerprint density at radius 1 is 0.784 bits per heavy atom. The smallest absolute Gasteiger partial charge is 0.411 e. The Hall–Kier alpha value is -2.90. The van der Waals surface area contributed by atoms with Gasteiger partial charge in [-0.05, 0) is 69.0 Å². The molecule has 7 nitrogen and oxygen atoms in total. The third-order valence-corrected chi connectivity index (χ3v) is 6.48. The molecule has 2 rings (SSSR count). The first kappa shape index (κ1) is 30.3. The molecular weight excluding hydrogens is 466 g/mol.